The number of aliphatic hydroxyl groups is 1. The fourth-order valence-electron chi connectivity index (χ4n) is 1.51. The van der Waals surface area contributed by atoms with Crippen LogP contribution >= 0.6 is 15.9 Å². The van der Waals surface area contributed by atoms with E-state index < -0.39 is 11.9 Å². The summed E-state index contributed by atoms with van der Waals surface area (Å²) in [4.78, 5) is 0. The number of aliphatic hydroxyl groups excluding tert-OH is 1. The van der Waals surface area contributed by atoms with Crippen LogP contribution in [0, 0.1) is 5.82 Å². The van der Waals surface area contributed by atoms with Crippen molar-refractivity contribution in [3.63, 3.8) is 0 Å². The number of hydrogen-bond donors (Lipinski definition) is 1. The Morgan fingerprint density at radius 1 is 1.38 bits per heavy atom. The molecular weight excluding hydrogens is 279 g/mol. The Hall–Kier alpha value is -0.810. The highest BCUT2D eigenvalue weighted by atomic mass is 79.9. The Morgan fingerprint density at radius 3 is 2.38 bits per heavy atom. The summed E-state index contributed by atoms with van der Waals surface area (Å²) in [6.07, 6.45) is -0.239. The van der Waals surface area contributed by atoms with Gasteiger partial charge in [0.25, 0.3) is 0 Å². The molecule has 0 aromatic heterocycles. The zero-order valence-corrected chi connectivity index (χ0v) is 11.0. The third-order valence-corrected chi connectivity index (χ3v) is 2.85. The van der Waals surface area contributed by atoms with Gasteiger partial charge < -0.3 is 14.6 Å². The lowest BCUT2D eigenvalue weighted by molar-refractivity contribution is 0.194. The number of rotatable bonds is 4. The van der Waals surface area contributed by atoms with Crippen LogP contribution in [0.3, 0.4) is 0 Å². The van der Waals surface area contributed by atoms with Crippen LogP contribution in [0.15, 0.2) is 10.5 Å². The van der Waals surface area contributed by atoms with E-state index in [9.17, 15) is 9.50 Å². The predicted octanol–water partition coefficient (Wildman–Crippen LogP) is 2.53. The molecule has 1 N–H and O–H groups in total. The van der Waals surface area contributed by atoms with E-state index in [4.69, 9.17) is 9.47 Å². The lowest BCUT2D eigenvalue weighted by atomic mass is 10.1. The predicted molar refractivity (Wildman–Crippen MR) is 62.6 cm³/mol. The average molecular weight is 293 g/mol. The topological polar surface area (TPSA) is 38.7 Å². The largest absolute Gasteiger partial charge is 0.495 e. The Kier molecular flexibility index (Phi) is 4.56. The Morgan fingerprint density at radius 2 is 1.94 bits per heavy atom. The van der Waals surface area contributed by atoms with Crippen LogP contribution < -0.4 is 9.47 Å². The molecule has 0 aliphatic heterocycles. The first-order chi connectivity index (χ1) is 7.51. The second kappa shape index (κ2) is 5.50. The average Bonchev–Trinajstić information content (AvgIpc) is 2.17. The van der Waals surface area contributed by atoms with Crippen molar-refractivity contribution >= 4 is 15.9 Å². The summed E-state index contributed by atoms with van der Waals surface area (Å²) in [5, 5.41) is 9.31. The second-order valence-corrected chi connectivity index (χ2v) is 4.24. The molecule has 1 unspecified atom stereocenters. The van der Waals surface area contributed by atoms with Gasteiger partial charge in [0.2, 0.25) is 0 Å². The molecule has 1 aromatic rings. The molecule has 90 valence electrons. The minimum atomic E-state index is -0.561. The van der Waals surface area contributed by atoms with Crippen molar-refractivity contribution in [3.05, 3.63) is 21.9 Å². The van der Waals surface area contributed by atoms with Gasteiger partial charge in [-0.05, 0) is 28.9 Å². The molecule has 1 atom stereocenters. The fraction of sp³-hybridized carbons (Fsp3) is 0.455. The zero-order chi connectivity index (χ0) is 12.3. The van der Waals surface area contributed by atoms with Gasteiger partial charge in [0, 0.05) is 12.0 Å². The lowest BCUT2D eigenvalue weighted by Crippen LogP contribution is -2.07. The van der Waals surface area contributed by atoms with Crippen molar-refractivity contribution < 1.29 is 19.0 Å². The highest BCUT2D eigenvalue weighted by molar-refractivity contribution is 9.10. The van der Waals surface area contributed by atoms with Crippen molar-refractivity contribution in [2.24, 2.45) is 0 Å². The first-order valence-electron chi connectivity index (χ1n) is 4.78. The summed E-state index contributed by atoms with van der Waals surface area (Å²) in [6, 6.07) is 1.31. The van der Waals surface area contributed by atoms with E-state index in [0.717, 1.165) is 0 Å². The Labute approximate surface area is 102 Å². The summed E-state index contributed by atoms with van der Waals surface area (Å²) < 4.78 is 24.1. The Bertz CT molecular complexity index is 380. The molecule has 1 aromatic carbocycles. The van der Waals surface area contributed by atoms with Gasteiger partial charge in [0.05, 0.1) is 20.3 Å². The van der Waals surface area contributed by atoms with Crippen LogP contribution in [-0.4, -0.2) is 25.4 Å². The van der Waals surface area contributed by atoms with Gasteiger partial charge in [-0.1, -0.05) is 0 Å². The molecule has 0 spiro atoms. The van der Waals surface area contributed by atoms with Crippen LogP contribution in [0.1, 0.15) is 12.5 Å². The van der Waals surface area contributed by atoms with E-state index in [0.29, 0.717) is 22.2 Å². The molecule has 0 saturated carbocycles. The summed E-state index contributed by atoms with van der Waals surface area (Å²) in [7, 11) is 2.87. The normalized spacial score (nSPS) is 12.4. The van der Waals surface area contributed by atoms with E-state index in [2.05, 4.69) is 15.9 Å². The first kappa shape index (κ1) is 13.3. The van der Waals surface area contributed by atoms with Crippen LogP contribution in [-0.2, 0) is 6.42 Å². The molecule has 0 radical (unpaired) electrons. The van der Waals surface area contributed by atoms with Gasteiger partial charge in [0.15, 0.2) is 11.6 Å². The molecule has 16 heavy (non-hydrogen) atoms. The van der Waals surface area contributed by atoms with Crippen LogP contribution in [0.5, 0.6) is 11.5 Å². The highest BCUT2D eigenvalue weighted by Gasteiger charge is 2.18. The maximum Gasteiger partial charge on any atom is 0.172 e. The number of methoxy groups -OCH3 is 2. The van der Waals surface area contributed by atoms with E-state index in [1.54, 1.807) is 6.92 Å². The van der Waals surface area contributed by atoms with Crippen molar-refractivity contribution in [2.75, 3.05) is 14.2 Å². The minimum absolute atomic E-state index is 0.103. The first-order valence-corrected chi connectivity index (χ1v) is 5.57. The monoisotopic (exact) mass is 292 g/mol. The van der Waals surface area contributed by atoms with Crippen LogP contribution in [0.2, 0.25) is 0 Å². The minimum Gasteiger partial charge on any atom is -0.495 e. The molecule has 0 aliphatic carbocycles. The smallest absolute Gasteiger partial charge is 0.172 e. The number of ether oxygens (including phenoxy) is 2. The lowest BCUT2D eigenvalue weighted by Gasteiger charge is -2.15. The van der Waals surface area contributed by atoms with Gasteiger partial charge in [-0.15, -0.1) is 0 Å². The SMILES string of the molecule is COc1c(F)cc(CC(C)O)c(OC)c1Br. The molecule has 0 aliphatic rings. The van der Waals surface area contributed by atoms with Crippen molar-refractivity contribution in [2.45, 2.75) is 19.4 Å². The summed E-state index contributed by atoms with van der Waals surface area (Å²) >= 11 is 3.22. The molecular formula is C11H14BrFO3. The molecule has 5 heteroatoms. The molecule has 1 rings (SSSR count). The van der Waals surface area contributed by atoms with Crippen LogP contribution in [0.4, 0.5) is 4.39 Å². The molecule has 0 heterocycles. The summed E-state index contributed by atoms with van der Waals surface area (Å²) in [5.74, 6) is 0.108. The molecule has 0 bridgehead atoms. The number of benzene rings is 1. The zero-order valence-electron chi connectivity index (χ0n) is 9.38. The molecule has 0 amide bonds. The standard InChI is InChI=1S/C11H14BrFO3/c1-6(14)4-7-5-8(13)11(16-3)9(12)10(7)15-2/h5-6,14H,4H2,1-3H3. The van der Waals surface area contributed by atoms with Gasteiger partial charge in [-0.3, -0.25) is 0 Å². The van der Waals surface area contributed by atoms with Crippen molar-refractivity contribution in [1.82, 2.24) is 0 Å². The van der Waals surface area contributed by atoms with Crippen molar-refractivity contribution in [1.29, 1.82) is 0 Å². The molecule has 3 nitrogen and oxygen atoms in total. The van der Waals surface area contributed by atoms with E-state index >= 15 is 0 Å². The number of hydrogen-bond acceptors (Lipinski definition) is 3. The van der Waals surface area contributed by atoms with Crippen LogP contribution in [0.25, 0.3) is 0 Å². The van der Waals surface area contributed by atoms with Gasteiger partial charge in [-0.25, -0.2) is 4.39 Å². The Balaban J connectivity index is 3.29. The summed E-state index contributed by atoms with van der Waals surface area (Å²) in [6.45, 7) is 1.63. The summed E-state index contributed by atoms with van der Waals surface area (Å²) in [5.41, 5.74) is 0.600. The third kappa shape index (κ3) is 2.65. The maximum atomic E-state index is 13.6. The van der Waals surface area contributed by atoms with Gasteiger partial charge in [0.1, 0.15) is 10.2 Å². The van der Waals surface area contributed by atoms with E-state index in [-0.39, 0.29) is 5.75 Å². The fourth-order valence-corrected chi connectivity index (χ4v) is 2.28. The van der Waals surface area contributed by atoms with Gasteiger partial charge in [-0.2, -0.15) is 0 Å². The quantitative estimate of drug-likeness (QED) is 0.927. The molecule has 0 saturated heterocycles. The van der Waals surface area contributed by atoms with E-state index in [1.807, 2.05) is 0 Å². The maximum absolute atomic E-state index is 13.6. The second-order valence-electron chi connectivity index (χ2n) is 3.45. The van der Waals surface area contributed by atoms with Crippen molar-refractivity contribution in [3.8, 4) is 11.5 Å². The third-order valence-electron chi connectivity index (χ3n) is 2.13. The molecule has 0 fully saturated rings. The van der Waals surface area contributed by atoms with Gasteiger partial charge >= 0.3 is 0 Å². The van der Waals surface area contributed by atoms with E-state index in [1.165, 1.54) is 20.3 Å². The number of halogens is 2. The highest BCUT2D eigenvalue weighted by Crippen LogP contribution is 2.39.